The number of ether oxygens (including phenoxy) is 1. The molecule has 0 fully saturated rings. The zero-order valence-electron chi connectivity index (χ0n) is 10.1. The van der Waals surface area contributed by atoms with E-state index in [1.54, 1.807) is 12.1 Å². The van der Waals surface area contributed by atoms with Gasteiger partial charge in [0.05, 0.1) is 23.0 Å². The maximum atomic E-state index is 11.0. The Labute approximate surface area is 101 Å². The molecule has 0 bridgehead atoms. The van der Waals surface area contributed by atoms with Crippen LogP contribution in [0.15, 0.2) is 18.2 Å². The number of benzene rings is 1. The first-order valence-corrected chi connectivity index (χ1v) is 5.53. The van der Waals surface area contributed by atoms with Crippen molar-refractivity contribution in [3.05, 3.63) is 23.8 Å². The lowest BCUT2D eigenvalue weighted by atomic mass is 10.1. The van der Waals surface area contributed by atoms with Gasteiger partial charge in [0.25, 0.3) is 0 Å². The molecule has 0 spiro atoms. The number of carbonyl (C=O) groups is 1. The van der Waals surface area contributed by atoms with Gasteiger partial charge in [0, 0.05) is 13.2 Å². The van der Waals surface area contributed by atoms with Crippen LogP contribution in [0.5, 0.6) is 0 Å². The van der Waals surface area contributed by atoms with Crippen molar-refractivity contribution in [3.8, 4) is 0 Å². The fraction of sp³-hybridized carbons (Fsp3) is 0.417. The third-order valence-corrected chi connectivity index (χ3v) is 2.34. The van der Waals surface area contributed by atoms with Crippen LogP contribution in [0, 0.1) is 0 Å². The average Bonchev–Trinajstić information content (AvgIpc) is 2.27. The fourth-order valence-corrected chi connectivity index (χ4v) is 1.53. The quantitative estimate of drug-likeness (QED) is 0.658. The van der Waals surface area contributed by atoms with E-state index in [1.165, 1.54) is 6.07 Å². The summed E-state index contributed by atoms with van der Waals surface area (Å²) in [4.78, 5) is 11.0. The van der Waals surface area contributed by atoms with Crippen LogP contribution in [-0.2, 0) is 4.74 Å². The number of hydrogen-bond donors (Lipinski definition) is 3. The SMILES string of the molecule is CCOC(C)CNc1c(N)cccc1C(=O)O. The fourth-order valence-electron chi connectivity index (χ4n) is 1.53. The molecule has 0 saturated heterocycles. The minimum Gasteiger partial charge on any atom is -0.478 e. The number of carboxylic acid groups (broad SMARTS) is 1. The summed E-state index contributed by atoms with van der Waals surface area (Å²) in [5.41, 5.74) is 6.80. The second kappa shape index (κ2) is 6.10. The van der Waals surface area contributed by atoms with Crippen molar-refractivity contribution in [2.75, 3.05) is 24.2 Å². The predicted octanol–water partition coefficient (Wildman–Crippen LogP) is 1.80. The van der Waals surface area contributed by atoms with E-state index in [-0.39, 0.29) is 11.7 Å². The molecule has 0 saturated carbocycles. The lowest BCUT2D eigenvalue weighted by molar-refractivity contribution is 0.0696. The summed E-state index contributed by atoms with van der Waals surface area (Å²) in [7, 11) is 0. The molecule has 0 amide bonds. The van der Waals surface area contributed by atoms with Crippen molar-refractivity contribution in [2.24, 2.45) is 0 Å². The van der Waals surface area contributed by atoms with Crippen molar-refractivity contribution in [3.63, 3.8) is 0 Å². The van der Waals surface area contributed by atoms with E-state index >= 15 is 0 Å². The Morgan fingerprint density at radius 2 is 2.29 bits per heavy atom. The molecule has 0 aliphatic rings. The Morgan fingerprint density at radius 3 is 2.88 bits per heavy atom. The molecule has 1 rings (SSSR count). The van der Waals surface area contributed by atoms with Crippen LogP contribution in [0.2, 0.25) is 0 Å². The van der Waals surface area contributed by atoms with Gasteiger partial charge in [0.2, 0.25) is 0 Å². The van der Waals surface area contributed by atoms with Gasteiger partial charge in [0.1, 0.15) is 0 Å². The third kappa shape index (κ3) is 3.64. The zero-order valence-corrected chi connectivity index (χ0v) is 10.1. The van der Waals surface area contributed by atoms with Crippen molar-refractivity contribution in [2.45, 2.75) is 20.0 Å². The molecule has 1 aromatic carbocycles. The van der Waals surface area contributed by atoms with E-state index in [2.05, 4.69) is 5.32 Å². The lowest BCUT2D eigenvalue weighted by Gasteiger charge is -2.16. The van der Waals surface area contributed by atoms with E-state index in [1.807, 2.05) is 13.8 Å². The monoisotopic (exact) mass is 238 g/mol. The van der Waals surface area contributed by atoms with Crippen LogP contribution in [-0.4, -0.2) is 30.3 Å². The van der Waals surface area contributed by atoms with Crippen molar-refractivity contribution >= 4 is 17.3 Å². The van der Waals surface area contributed by atoms with Gasteiger partial charge >= 0.3 is 5.97 Å². The Hall–Kier alpha value is -1.75. The van der Waals surface area contributed by atoms with Gasteiger partial charge in [-0.2, -0.15) is 0 Å². The number of nitrogens with two attached hydrogens (primary N) is 1. The summed E-state index contributed by atoms with van der Waals surface area (Å²) < 4.78 is 5.35. The van der Waals surface area contributed by atoms with Crippen LogP contribution in [0.3, 0.4) is 0 Å². The molecule has 4 N–H and O–H groups in total. The van der Waals surface area contributed by atoms with E-state index in [0.717, 1.165) is 0 Å². The largest absolute Gasteiger partial charge is 0.478 e. The van der Waals surface area contributed by atoms with E-state index < -0.39 is 5.97 Å². The number of nitrogens with one attached hydrogen (secondary N) is 1. The summed E-state index contributed by atoms with van der Waals surface area (Å²) in [6, 6.07) is 4.81. The van der Waals surface area contributed by atoms with Crippen LogP contribution in [0.1, 0.15) is 24.2 Å². The number of nitrogen functional groups attached to an aromatic ring is 1. The zero-order chi connectivity index (χ0) is 12.8. The minimum atomic E-state index is -0.996. The van der Waals surface area contributed by atoms with Crippen LogP contribution in [0.25, 0.3) is 0 Å². The van der Waals surface area contributed by atoms with Gasteiger partial charge in [-0.15, -0.1) is 0 Å². The van der Waals surface area contributed by atoms with Gasteiger partial charge in [-0.25, -0.2) is 4.79 Å². The number of aromatic carboxylic acids is 1. The molecule has 5 nitrogen and oxygen atoms in total. The Bertz CT molecular complexity index is 393. The normalized spacial score (nSPS) is 12.1. The lowest BCUT2D eigenvalue weighted by Crippen LogP contribution is -2.21. The minimum absolute atomic E-state index is 0.00116. The summed E-state index contributed by atoms with van der Waals surface area (Å²) in [5.74, 6) is -0.996. The standard InChI is InChI=1S/C12H18N2O3/c1-3-17-8(2)7-14-11-9(12(15)16)5-4-6-10(11)13/h4-6,8,14H,3,7,13H2,1-2H3,(H,15,16). The van der Waals surface area contributed by atoms with E-state index in [9.17, 15) is 4.79 Å². The highest BCUT2D eigenvalue weighted by Gasteiger charge is 2.13. The first-order chi connectivity index (χ1) is 8.06. The molecule has 1 unspecified atom stereocenters. The predicted molar refractivity (Wildman–Crippen MR) is 67.4 cm³/mol. The Balaban J connectivity index is 2.79. The Morgan fingerprint density at radius 1 is 1.59 bits per heavy atom. The topological polar surface area (TPSA) is 84.6 Å². The highest BCUT2D eigenvalue weighted by molar-refractivity contribution is 5.97. The second-order valence-corrected chi connectivity index (χ2v) is 3.72. The van der Waals surface area contributed by atoms with Crippen LogP contribution >= 0.6 is 0 Å². The van der Waals surface area contributed by atoms with E-state index in [0.29, 0.717) is 24.5 Å². The van der Waals surface area contributed by atoms with E-state index in [4.69, 9.17) is 15.6 Å². The average molecular weight is 238 g/mol. The molecule has 1 atom stereocenters. The Kier molecular flexibility index (Phi) is 4.78. The molecule has 0 heterocycles. The molecule has 94 valence electrons. The first-order valence-electron chi connectivity index (χ1n) is 5.53. The summed E-state index contributed by atoms with van der Waals surface area (Å²) in [5, 5.41) is 12.0. The third-order valence-electron chi connectivity index (χ3n) is 2.34. The van der Waals surface area contributed by atoms with Crippen molar-refractivity contribution in [1.82, 2.24) is 0 Å². The van der Waals surface area contributed by atoms with Crippen LogP contribution < -0.4 is 11.1 Å². The number of para-hydroxylation sites is 1. The number of rotatable bonds is 6. The summed E-state index contributed by atoms with van der Waals surface area (Å²) in [6.07, 6.45) is 0.00116. The number of carboxylic acids is 1. The molecule has 17 heavy (non-hydrogen) atoms. The highest BCUT2D eigenvalue weighted by Crippen LogP contribution is 2.23. The second-order valence-electron chi connectivity index (χ2n) is 3.72. The number of hydrogen-bond acceptors (Lipinski definition) is 4. The summed E-state index contributed by atoms with van der Waals surface area (Å²) in [6.45, 7) is 4.97. The smallest absolute Gasteiger partial charge is 0.337 e. The van der Waals surface area contributed by atoms with Crippen molar-refractivity contribution < 1.29 is 14.6 Å². The maximum absolute atomic E-state index is 11.0. The van der Waals surface area contributed by atoms with Gasteiger partial charge in [-0.1, -0.05) is 6.07 Å². The van der Waals surface area contributed by atoms with Gasteiger partial charge in [-0.3, -0.25) is 0 Å². The molecule has 1 aromatic rings. The number of anilines is 2. The van der Waals surface area contributed by atoms with Gasteiger partial charge in [0.15, 0.2) is 0 Å². The first kappa shape index (κ1) is 13.3. The van der Waals surface area contributed by atoms with Crippen molar-refractivity contribution in [1.29, 1.82) is 0 Å². The maximum Gasteiger partial charge on any atom is 0.337 e. The molecule has 0 aliphatic carbocycles. The molecule has 5 heteroatoms. The molecule has 0 aromatic heterocycles. The molecule has 0 radical (unpaired) electrons. The van der Waals surface area contributed by atoms with Gasteiger partial charge < -0.3 is 20.9 Å². The van der Waals surface area contributed by atoms with Gasteiger partial charge in [-0.05, 0) is 26.0 Å². The molecular weight excluding hydrogens is 220 g/mol. The summed E-state index contributed by atoms with van der Waals surface area (Å²) >= 11 is 0. The highest BCUT2D eigenvalue weighted by atomic mass is 16.5. The van der Waals surface area contributed by atoms with Crippen LogP contribution in [0.4, 0.5) is 11.4 Å². The molecular formula is C12H18N2O3. The molecule has 0 aliphatic heterocycles.